The van der Waals surface area contributed by atoms with E-state index in [0.29, 0.717) is 6.42 Å². The molecule has 0 bridgehead atoms. The highest BCUT2D eigenvalue weighted by Gasteiger charge is 2.20. The standard InChI is InChI=1S/C13H22N4O3/c1-2-10(9-13(18)19)17-12(14-15-16-17)7-6-11-5-3-4-8-20-11/h10-11H,2-9H2,1H3,(H,18,19). The minimum atomic E-state index is -0.825. The van der Waals surface area contributed by atoms with Gasteiger partial charge in [0.2, 0.25) is 0 Å². The fourth-order valence-electron chi connectivity index (χ4n) is 2.59. The minimum Gasteiger partial charge on any atom is -0.481 e. The molecule has 1 aliphatic rings. The summed E-state index contributed by atoms with van der Waals surface area (Å²) in [7, 11) is 0. The fraction of sp³-hybridized carbons (Fsp3) is 0.846. The highest BCUT2D eigenvalue weighted by Crippen LogP contribution is 2.20. The van der Waals surface area contributed by atoms with Crippen molar-refractivity contribution in [1.29, 1.82) is 0 Å². The van der Waals surface area contributed by atoms with Gasteiger partial charge in [-0.15, -0.1) is 5.10 Å². The summed E-state index contributed by atoms with van der Waals surface area (Å²) < 4.78 is 7.36. The van der Waals surface area contributed by atoms with Crippen LogP contribution in [0.5, 0.6) is 0 Å². The number of hydrogen-bond donors (Lipinski definition) is 1. The van der Waals surface area contributed by atoms with Gasteiger partial charge < -0.3 is 9.84 Å². The molecule has 0 saturated carbocycles. The lowest BCUT2D eigenvalue weighted by Crippen LogP contribution is -2.21. The number of rotatable bonds is 7. The fourth-order valence-corrected chi connectivity index (χ4v) is 2.59. The third-order valence-corrected chi connectivity index (χ3v) is 3.75. The van der Waals surface area contributed by atoms with E-state index in [2.05, 4.69) is 15.5 Å². The molecule has 1 N–H and O–H groups in total. The molecule has 2 atom stereocenters. The Morgan fingerprint density at radius 1 is 1.55 bits per heavy atom. The normalized spacial score (nSPS) is 20.8. The number of tetrazole rings is 1. The number of hydrogen-bond acceptors (Lipinski definition) is 5. The quantitative estimate of drug-likeness (QED) is 0.817. The van der Waals surface area contributed by atoms with Gasteiger partial charge in [-0.25, -0.2) is 4.68 Å². The number of aliphatic carboxylic acids is 1. The maximum absolute atomic E-state index is 10.9. The van der Waals surface area contributed by atoms with Crippen molar-refractivity contribution < 1.29 is 14.6 Å². The summed E-state index contributed by atoms with van der Waals surface area (Å²) in [6.45, 7) is 2.79. The van der Waals surface area contributed by atoms with Crippen molar-refractivity contribution in [3.05, 3.63) is 5.82 Å². The van der Waals surface area contributed by atoms with E-state index in [1.165, 1.54) is 6.42 Å². The van der Waals surface area contributed by atoms with Gasteiger partial charge in [0.25, 0.3) is 0 Å². The lowest BCUT2D eigenvalue weighted by Gasteiger charge is -2.22. The molecule has 0 spiro atoms. The van der Waals surface area contributed by atoms with Gasteiger partial charge in [-0.05, 0) is 42.5 Å². The van der Waals surface area contributed by atoms with Gasteiger partial charge >= 0.3 is 5.97 Å². The second kappa shape index (κ2) is 7.33. The average molecular weight is 282 g/mol. The van der Waals surface area contributed by atoms with E-state index in [1.807, 2.05) is 6.92 Å². The third kappa shape index (κ3) is 4.00. The van der Waals surface area contributed by atoms with E-state index < -0.39 is 5.97 Å². The molecule has 0 radical (unpaired) electrons. The van der Waals surface area contributed by atoms with Crippen LogP contribution in [-0.2, 0) is 16.0 Å². The Morgan fingerprint density at radius 2 is 2.40 bits per heavy atom. The molecule has 1 aromatic heterocycles. The molecule has 0 aromatic carbocycles. The molecule has 0 amide bonds. The first-order valence-corrected chi connectivity index (χ1v) is 7.30. The van der Waals surface area contributed by atoms with Gasteiger partial charge in [0.15, 0.2) is 5.82 Å². The summed E-state index contributed by atoms with van der Waals surface area (Å²) in [5.41, 5.74) is 0. The Hall–Kier alpha value is -1.50. The van der Waals surface area contributed by atoms with Gasteiger partial charge in [-0.2, -0.15) is 0 Å². The Bertz CT molecular complexity index is 429. The van der Waals surface area contributed by atoms with Gasteiger partial charge in [-0.1, -0.05) is 6.92 Å². The molecule has 20 heavy (non-hydrogen) atoms. The highest BCUT2D eigenvalue weighted by molar-refractivity contribution is 5.67. The van der Waals surface area contributed by atoms with E-state index in [-0.39, 0.29) is 18.6 Å². The Kier molecular flexibility index (Phi) is 5.46. The Balaban J connectivity index is 1.94. The molecule has 7 nitrogen and oxygen atoms in total. The lowest BCUT2D eigenvalue weighted by atomic mass is 10.0. The Morgan fingerprint density at radius 3 is 3.05 bits per heavy atom. The van der Waals surface area contributed by atoms with Gasteiger partial charge in [0.1, 0.15) is 0 Å². The minimum absolute atomic E-state index is 0.0501. The summed E-state index contributed by atoms with van der Waals surface area (Å²) in [5.74, 6) is -0.0683. The van der Waals surface area contributed by atoms with E-state index in [1.54, 1.807) is 4.68 Å². The monoisotopic (exact) mass is 282 g/mol. The molecule has 112 valence electrons. The van der Waals surface area contributed by atoms with Crippen LogP contribution in [0.4, 0.5) is 0 Å². The van der Waals surface area contributed by atoms with Gasteiger partial charge in [-0.3, -0.25) is 4.79 Å². The van der Waals surface area contributed by atoms with Crippen molar-refractivity contribution in [2.24, 2.45) is 0 Å². The maximum Gasteiger partial charge on any atom is 0.305 e. The van der Waals surface area contributed by atoms with Crippen LogP contribution in [0.25, 0.3) is 0 Å². The molecular weight excluding hydrogens is 260 g/mol. The van der Waals surface area contributed by atoms with Crippen molar-refractivity contribution in [2.45, 2.75) is 64.0 Å². The summed E-state index contributed by atoms with van der Waals surface area (Å²) >= 11 is 0. The number of carboxylic acids is 1. The van der Waals surface area contributed by atoms with E-state index in [9.17, 15) is 4.79 Å². The van der Waals surface area contributed by atoms with Gasteiger partial charge in [0, 0.05) is 13.0 Å². The molecule has 0 aliphatic carbocycles. The third-order valence-electron chi connectivity index (χ3n) is 3.75. The van der Waals surface area contributed by atoms with Crippen molar-refractivity contribution in [1.82, 2.24) is 20.2 Å². The molecular formula is C13H22N4O3. The predicted molar refractivity (Wildman–Crippen MR) is 71.3 cm³/mol. The summed E-state index contributed by atoms with van der Waals surface area (Å²) in [6.07, 6.45) is 6.11. The zero-order chi connectivity index (χ0) is 14.4. The SMILES string of the molecule is CCC(CC(=O)O)n1nnnc1CCC1CCCCO1. The number of ether oxygens (including phenoxy) is 1. The first kappa shape index (κ1) is 14.9. The van der Waals surface area contributed by atoms with Crippen molar-refractivity contribution in [3.63, 3.8) is 0 Å². The zero-order valence-electron chi connectivity index (χ0n) is 11.9. The molecule has 7 heteroatoms. The van der Waals surface area contributed by atoms with E-state index in [0.717, 1.165) is 38.1 Å². The van der Waals surface area contributed by atoms with Crippen LogP contribution in [0, 0.1) is 0 Å². The first-order chi connectivity index (χ1) is 9.70. The molecule has 2 rings (SSSR count). The molecule has 1 fully saturated rings. The smallest absolute Gasteiger partial charge is 0.305 e. The van der Waals surface area contributed by atoms with Crippen LogP contribution in [0.3, 0.4) is 0 Å². The molecule has 1 aliphatic heterocycles. The number of nitrogens with zero attached hydrogens (tertiary/aromatic N) is 4. The van der Waals surface area contributed by atoms with Crippen molar-refractivity contribution in [2.75, 3.05) is 6.61 Å². The first-order valence-electron chi connectivity index (χ1n) is 7.30. The van der Waals surface area contributed by atoms with Crippen LogP contribution in [0.2, 0.25) is 0 Å². The number of carbonyl (C=O) groups is 1. The largest absolute Gasteiger partial charge is 0.481 e. The van der Waals surface area contributed by atoms with Crippen LogP contribution in [0.1, 0.15) is 57.3 Å². The predicted octanol–water partition coefficient (Wildman–Crippen LogP) is 1.60. The lowest BCUT2D eigenvalue weighted by molar-refractivity contribution is -0.138. The van der Waals surface area contributed by atoms with E-state index in [4.69, 9.17) is 9.84 Å². The average Bonchev–Trinajstić information content (AvgIpc) is 2.91. The van der Waals surface area contributed by atoms with Crippen LogP contribution < -0.4 is 0 Å². The molecule has 2 unspecified atom stereocenters. The topological polar surface area (TPSA) is 90.1 Å². The second-order valence-electron chi connectivity index (χ2n) is 5.23. The summed E-state index contributed by atoms with van der Waals surface area (Å²) in [5, 5.41) is 20.6. The highest BCUT2D eigenvalue weighted by atomic mass is 16.5. The van der Waals surface area contributed by atoms with Crippen molar-refractivity contribution >= 4 is 5.97 Å². The van der Waals surface area contributed by atoms with Crippen molar-refractivity contribution in [3.8, 4) is 0 Å². The molecule has 1 saturated heterocycles. The van der Waals surface area contributed by atoms with Crippen LogP contribution in [0.15, 0.2) is 0 Å². The van der Waals surface area contributed by atoms with E-state index >= 15 is 0 Å². The van der Waals surface area contributed by atoms with Gasteiger partial charge in [0.05, 0.1) is 18.6 Å². The van der Waals surface area contributed by atoms with Crippen LogP contribution in [-0.4, -0.2) is 44.0 Å². The molecule has 2 heterocycles. The number of aryl methyl sites for hydroxylation is 1. The number of carboxylic acid groups (broad SMARTS) is 1. The molecule has 1 aromatic rings. The second-order valence-corrected chi connectivity index (χ2v) is 5.23. The maximum atomic E-state index is 10.9. The van der Waals surface area contributed by atoms with Crippen LogP contribution >= 0.6 is 0 Å². The number of aromatic nitrogens is 4. The summed E-state index contributed by atoms with van der Waals surface area (Å²) in [6, 6.07) is -0.176. The Labute approximate surface area is 118 Å². The summed E-state index contributed by atoms with van der Waals surface area (Å²) in [4.78, 5) is 10.9. The zero-order valence-corrected chi connectivity index (χ0v) is 11.9.